The van der Waals surface area contributed by atoms with Crippen molar-refractivity contribution >= 4 is 21.4 Å². The van der Waals surface area contributed by atoms with Gasteiger partial charge in [-0.15, -0.1) is 0 Å². The van der Waals surface area contributed by atoms with Crippen LogP contribution in [0.4, 0.5) is 11.4 Å². The number of sulfonamides is 1. The molecule has 21 heavy (non-hydrogen) atoms. The molecule has 0 aliphatic carbocycles. The number of nitriles is 1. The lowest BCUT2D eigenvalue weighted by Crippen LogP contribution is -2.30. The highest BCUT2D eigenvalue weighted by Gasteiger charge is 2.23. The van der Waals surface area contributed by atoms with E-state index in [0.717, 1.165) is 0 Å². The van der Waals surface area contributed by atoms with Crippen molar-refractivity contribution in [3.63, 3.8) is 0 Å². The van der Waals surface area contributed by atoms with Crippen LogP contribution in [0.5, 0.6) is 0 Å². The number of nitrogens with zero attached hydrogens (tertiary/aromatic N) is 2. The second-order valence-electron chi connectivity index (χ2n) is 4.40. The number of hydrogen-bond acceptors (Lipinski definition) is 4. The van der Waals surface area contributed by atoms with E-state index >= 15 is 0 Å². The van der Waals surface area contributed by atoms with Gasteiger partial charge in [-0.2, -0.15) is 5.26 Å². The van der Waals surface area contributed by atoms with E-state index in [9.17, 15) is 8.42 Å². The normalized spacial score (nSPS) is 10.9. The van der Waals surface area contributed by atoms with E-state index in [0.29, 0.717) is 16.9 Å². The Hall–Kier alpha value is -2.52. The fourth-order valence-corrected chi connectivity index (χ4v) is 3.51. The fraction of sp³-hybridized carbons (Fsp3) is 0.133. The molecule has 0 spiro atoms. The minimum atomic E-state index is -3.71. The summed E-state index contributed by atoms with van der Waals surface area (Å²) in [4.78, 5) is 0.0974. The van der Waals surface area contributed by atoms with Crippen molar-refractivity contribution in [3.8, 4) is 6.07 Å². The van der Waals surface area contributed by atoms with E-state index in [1.54, 1.807) is 43.3 Å². The van der Waals surface area contributed by atoms with Gasteiger partial charge in [-0.05, 0) is 49.4 Å². The Kier molecular flexibility index (Phi) is 4.15. The molecule has 0 bridgehead atoms. The summed E-state index contributed by atoms with van der Waals surface area (Å²) in [5.41, 5.74) is 7.04. The summed E-state index contributed by atoms with van der Waals surface area (Å²) in [5.74, 6) is 0. The summed E-state index contributed by atoms with van der Waals surface area (Å²) in [6.45, 7) is 2.03. The molecule has 2 N–H and O–H groups in total. The van der Waals surface area contributed by atoms with Crippen LogP contribution in [-0.4, -0.2) is 15.0 Å². The third-order valence-corrected chi connectivity index (χ3v) is 4.92. The number of hydrogen-bond donors (Lipinski definition) is 1. The first-order valence-electron chi connectivity index (χ1n) is 6.37. The summed E-state index contributed by atoms with van der Waals surface area (Å²) < 4.78 is 26.7. The molecule has 0 atom stereocenters. The van der Waals surface area contributed by atoms with Crippen LogP contribution in [0.2, 0.25) is 0 Å². The zero-order chi connectivity index (χ0) is 15.5. The van der Waals surface area contributed by atoms with Crippen LogP contribution in [0.25, 0.3) is 0 Å². The average molecular weight is 301 g/mol. The SMILES string of the molecule is CCN(c1ccc(N)cc1)S(=O)(=O)c1cccc(C#N)c1. The second kappa shape index (κ2) is 5.85. The molecule has 0 saturated heterocycles. The van der Waals surface area contributed by atoms with Crippen molar-refractivity contribution in [2.75, 3.05) is 16.6 Å². The lowest BCUT2D eigenvalue weighted by Gasteiger charge is -2.23. The van der Waals surface area contributed by atoms with Gasteiger partial charge in [0.25, 0.3) is 10.0 Å². The molecule has 2 aromatic rings. The van der Waals surface area contributed by atoms with Crippen LogP contribution in [0.15, 0.2) is 53.4 Å². The molecule has 0 heterocycles. The van der Waals surface area contributed by atoms with Gasteiger partial charge in [0, 0.05) is 12.2 Å². The van der Waals surface area contributed by atoms with Crippen LogP contribution < -0.4 is 10.0 Å². The highest BCUT2D eigenvalue weighted by atomic mass is 32.2. The minimum Gasteiger partial charge on any atom is -0.399 e. The fourth-order valence-electron chi connectivity index (χ4n) is 1.99. The summed E-state index contributed by atoms with van der Waals surface area (Å²) >= 11 is 0. The van der Waals surface area contributed by atoms with E-state index in [-0.39, 0.29) is 11.4 Å². The van der Waals surface area contributed by atoms with Gasteiger partial charge in [-0.25, -0.2) is 8.42 Å². The molecule has 2 aromatic carbocycles. The summed E-state index contributed by atoms with van der Waals surface area (Å²) in [7, 11) is -3.71. The Morgan fingerprint density at radius 1 is 1.19 bits per heavy atom. The van der Waals surface area contributed by atoms with Crippen LogP contribution in [-0.2, 0) is 10.0 Å². The molecule has 0 fully saturated rings. The number of rotatable bonds is 4. The molecular formula is C15H15N3O2S. The van der Waals surface area contributed by atoms with Gasteiger partial charge in [0.2, 0.25) is 0 Å². The monoisotopic (exact) mass is 301 g/mol. The first-order valence-corrected chi connectivity index (χ1v) is 7.81. The standard InChI is InChI=1S/C15H15N3O2S/c1-2-18(14-8-6-13(17)7-9-14)21(19,20)15-5-3-4-12(10-15)11-16/h3-10H,2,17H2,1H3. The summed E-state index contributed by atoms with van der Waals surface area (Å²) in [5, 5.41) is 8.90. The first kappa shape index (κ1) is 14.9. The quantitative estimate of drug-likeness (QED) is 0.878. The van der Waals surface area contributed by atoms with Gasteiger partial charge in [-0.3, -0.25) is 4.31 Å². The van der Waals surface area contributed by atoms with E-state index in [4.69, 9.17) is 11.0 Å². The van der Waals surface area contributed by atoms with Crippen molar-refractivity contribution in [2.45, 2.75) is 11.8 Å². The number of nitrogen functional groups attached to an aromatic ring is 1. The van der Waals surface area contributed by atoms with Crippen LogP contribution >= 0.6 is 0 Å². The smallest absolute Gasteiger partial charge is 0.264 e. The highest BCUT2D eigenvalue weighted by molar-refractivity contribution is 7.92. The average Bonchev–Trinajstić information content (AvgIpc) is 2.50. The van der Waals surface area contributed by atoms with E-state index in [1.807, 2.05) is 6.07 Å². The lowest BCUT2D eigenvalue weighted by atomic mass is 10.2. The van der Waals surface area contributed by atoms with Crippen molar-refractivity contribution < 1.29 is 8.42 Å². The molecule has 0 aromatic heterocycles. The molecule has 108 valence electrons. The number of anilines is 2. The van der Waals surface area contributed by atoms with Crippen LogP contribution in [0.3, 0.4) is 0 Å². The van der Waals surface area contributed by atoms with Crippen molar-refractivity contribution in [1.82, 2.24) is 0 Å². The largest absolute Gasteiger partial charge is 0.399 e. The number of benzene rings is 2. The maximum atomic E-state index is 12.7. The third kappa shape index (κ3) is 2.98. The van der Waals surface area contributed by atoms with Gasteiger partial charge in [0.1, 0.15) is 0 Å². The molecule has 2 rings (SSSR count). The Balaban J connectivity index is 2.49. The molecule has 0 amide bonds. The maximum absolute atomic E-state index is 12.7. The summed E-state index contributed by atoms with van der Waals surface area (Å²) in [6, 6.07) is 14.5. The molecule has 0 saturated carbocycles. The van der Waals surface area contributed by atoms with Crippen molar-refractivity contribution in [3.05, 3.63) is 54.1 Å². The van der Waals surface area contributed by atoms with Gasteiger partial charge in [0.15, 0.2) is 0 Å². The lowest BCUT2D eigenvalue weighted by molar-refractivity contribution is 0.592. The highest BCUT2D eigenvalue weighted by Crippen LogP contribution is 2.24. The van der Waals surface area contributed by atoms with Gasteiger partial charge >= 0.3 is 0 Å². The van der Waals surface area contributed by atoms with Crippen molar-refractivity contribution in [2.24, 2.45) is 0 Å². The van der Waals surface area contributed by atoms with E-state index < -0.39 is 10.0 Å². The molecule has 0 unspecified atom stereocenters. The predicted octanol–water partition coefficient (Wildman–Crippen LogP) is 2.36. The molecule has 6 heteroatoms. The van der Waals surface area contributed by atoms with Crippen LogP contribution in [0.1, 0.15) is 12.5 Å². The third-order valence-electron chi connectivity index (χ3n) is 3.02. The molecule has 0 aliphatic rings. The van der Waals surface area contributed by atoms with E-state index in [1.165, 1.54) is 16.4 Å². The summed E-state index contributed by atoms with van der Waals surface area (Å²) in [6.07, 6.45) is 0. The maximum Gasteiger partial charge on any atom is 0.264 e. The topological polar surface area (TPSA) is 87.2 Å². The Morgan fingerprint density at radius 2 is 1.86 bits per heavy atom. The molecular weight excluding hydrogens is 286 g/mol. The molecule has 0 radical (unpaired) electrons. The Morgan fingerprint density at radius 3 is 2.43 bits per heavy atom. The van der Waals surface area contributed by atoms with Crippen molar-refractivity contribution in [1.29, 1.82) is 5.26 Å². The predicted molar refractivity (Wildman–Crippen MR) is 82.2 cm³/mol. The zero-order valence-corrected chi connectivity index (χ0v) is 12.3. The van der Waals surface area contributed by atoms with Gasteiger partial charge in [0.05, 0.1) is 22.2 Å². The Labute approximate surface area is 124 Å². The Bertz CT molecular complexity index is 777. The van der Waals surface area contributed by atoms with Crippen LogP contribution in [0, 0.1) is 11.3 Å². The van der Waals surface area contributed by atoms with E-state index in [2.05, 4.69) is 0 Å². The first-order chi connectivity index (χ1) is 9.98. The minimum absolute atomic E-state index is 0.0974. The molecule has 5 nitrogen and oxygen atoms in total. The second-order valence-corrected chi connectivity index (χ2v) is 6.26. The van der Waals surface area contributed by atoms with Gasteiger partial charge in [-0.1, -0.05) is 6.07 Å². The number of nitrogens with two attached hydrogens (primary N) is 1. The van der Waals surface area contributed by atoms with Gasteiger partial charge < -0.3 is 5.73 Å². The zero-order valence-electron chi connectivity index (χ0n) is 11.5. The molecule has 0 aliphatic heterocycles.